The van der Waals surface area contributed by atoms with Gasteiger partial charge < -0.3 is 5.73 Å². The minimum atomic E-state index is -4.71. The van der Waals surface area contributed by atoms with Crippen molar-refractivity contribution < 1.29 is 21.6 Å². The Bertz CT molecular complexity index is 645. The molecule has 0 radical (unpaired) electrons. The second-order valence-electron chi connectivity index (χ2n) is 5.37. The first kappa shape index (κ1) is 20.5. The molecule has 1 aliphatic rings. The highest BCUT2D eigenvalue weighted by Gasteiger charge is 2.35. The van der Waals surface area contributed by atoms with Gasteiger partial charge in [-0.2, -0.15) is 13.2 Å². The lowest BCUT2D eigenvalue weighted by atomic mass is 9.93. The van der Waals surface area contributed by atoms with Crippen LogP contribution in [0.3, 0.4) is 0 Å². The lowest BCUT2D eigenvalue weighted by molar-refractivity contribution is -0.137. The molecule has 3 N–H and O–H groups in total. The molecule has 1 aliphatic carbocycles. The van der Waals surface area contributed by atoms with Crippen molar-refractivity contribution in [2.24, 2.45) is 5.73 Å². The summed E-state index contributed by atoms with van der Waals surface area (Å²) in [6.07, 6.45) is -2.20. The van der Waals surface area contributed by atoms with Crippen LogP contribution in [0, 0.1) is 0 Å². The number of alkyl halides is 3. The molecule has 1 saturated carbocycles. The van der Waals surface area contributed by atoms with Gasteiger partial charge in [0, 0.05) is 12.1 Å². The Balaban J connectivity index is 0.00000264. The van der Waals surface area contributed by atoms with Crippen LogP contribution in [0.1, 0.15) is 31.2 Å². The molecule has 0 atom stereocenters. The molecule has 0 aliphatic heterocycles. The summed E-state index contributed by atoms with van der Waals surface area (Å²) in [5, 5.41) is -0.532. The molecule has 1 fully saturated rings. The van der Waals surface area contributed by atoms with E-state index < -0.39 is 31.7 Å². The molecule has 0 heterocycles. The van der Waals surface area contributed by atoms with Gasteiger partial charge >= 0.3 is 6.18 Å². The van der Waals surface area contributed by atoms with Gasteiger partial charge in [0.1, 0.15) is 0 Å². The summed E-state index contributed by atoms with van der Waals surface area (Å²) in [6, 6.07) is 2.30. The van der Waals surface area contributed by atoms with E-state index in [9.17, 15) is 21.6 Å². The fourth-order valence-electron chi connectivity index (χ4n) is 2.41. The molecule has 0 saturated heterocycles. The second-order valence-corrected chi connectivity index (χ2v) is 7.49. The van der Waals surface area contributed by atoms with Crippen molar-refractivity contribution >= 4 is 34.0 Å². The van der Waals surface area contributed by atoms with Crippen LogP contribution in [0.15, 0.2) is 23.1 Å². The zero-order chi connectivity index (χ0) is 16.5. The first-order chi connectivity index (χ1) is 10.1. The molecule has 0 unspecified atom stereocenters. The van der Waals surface area contributed by atoms with Crippen molar-refractivity contribution in [2.75, 3.05) is 0 Å². The fraction of sp³-hybridized carbons (Fsp3) is 0.538. The summed E-state index contributed by atoms with van der Waals surface area (Å²) in [7, 11) is -4.03. The Hall–Kier alpha value is -0.540. The van der Waals surface area contributed by atoms with E-state index in [0.717, 1.165) is 12.1 Å². The predicted octanol–water partition coefficient (Wildman–Crippen LogP) is 3.33. The summed E-state index contributed by atoms with van der Waals surface area (Å²) >= 11 is 5.49. The van der Waals surface area contributed by atoms with E-state index in [4.69, 9.17) is 17.3 Å². The maximum Gasteiger partial charge on any atom is 0.417 e. The molecule has 4 nitrogen and oxygen atoms in total. The second kappa shape index (κ2) is 7.57. The number of halogens is 5. The Labute approximate surface area is 144 Å². The van der Waals surface area contributed by atoms with Gasteiger partial charge in [-0.1, -0.05) is 11.6 Å². The Morgan fingerprint density at radius 2 is 1.74 bits per heavy atom. The molecule has 0 amide bonds. The fourth-order valence-corrected chi connectivity index (χ4v) is 3.97. The third-order valence-electron chi connectivity index (χ3n) is 3.65. The smallest absolute Gasteiger partial charge is 0.328 e. The Morgan fingerprint density at radius 1 is 1.17 bits per heavy atom. The minimum absolute atomic E-state index is 0. The third kappa shape index (κ3) is 5.22. The van der Waals surface area contributed by atoms with E-state index >= 15 is 0 Å². The largest absolute Gasteiger partial charge is 0.417 e. The van der Waals surface area contributed by atoms with E-state index in [1.807, 2.05) is 0 Å². The van der Waals surface area contributed by atoms with Crippen molar-refractivity contribution in [3.63, 3.8) is 0 Å². The number of nitrogens with one attached hydrogen (secondary N) is 1. The highest BCUT2D eigenvalue weighted by Crippen LogP contribution is 2.36. The highest BCUT2D eigenvalue weighted by molar-refractivity contribution is 7.89. The van der Waals surface area contributed by atoms with E-state index in [1.54, 1.807) is 0 Å². The zero-order valence-electron chi connectivity index (χ0n) is 11.9. The predicted molar refractivity (Wildman–Crippen MR) is 84.3 cm³/mol. The van der Waals surface area contributed by atoms with Crippen molar-refractivity contribution in [3.05, 3.63) is 28.8 Å². The monoisotopic (exact) mass is 392 g/mol. The zero-order valence-corrected chi connectivity index (χ0v) is 14.3. The molecule has 1 aromatic rings. The maximum atomic E-state index is 12.8. The Kier molecular flexibility index (Phi) is 6.74. The molecular formula is C13H17Cl2F3N2O2S. The summed E-state index contributed by atoms with van der Waals surface area (Å²) in [5.74, 6) is 0. The molecule has 10 heteroatoms. The first-order valence-electron chi connectivity index (χ1n) is 6.74. The minimum Gasteiger partial charge on any atom is -0.328 e. The molecule has 1 aromatic carbocycles. The van der Waals surface area contributed by atoms with Gasteiger partial charge in [0.15, 0.2) is 0 Å². The first-order valence-corrected chi connectivity index (χ1v) is 8.60. The quantitative estimate of drug-likeness (QED) is 0.828. The van der Waals surface area contributed by atoms with Crippen LogP contribution in [0.4, 0.5) is 13.2 Å². The van der Waals surface area contributed by atoms with Crippen molar-refractivity contribution in [1.29, 1.82) is 0 Å². The van der Waals surface area contributed by atoms with Gasteiger partial charge in [0.25, 0.3) is 0 Å². The van der Waals surface area contributed by atoms with Gasteiger partial charge in [-0.3, -0.25) is 0 Å². The van der Waals surface area contributed by atoms with Gasteiger partial charge in [-0.05, 0) is 43.9 Å². The van der Waals surface area contributed by atoms with Gasteiger partial charge in [-0.15, -0.1) is 12.4 Å². The van der Waals surface area contributed by atoms with Crippen LogP contribution >= 0.6 is 24.0 Å². The van der Waals surface area contributed by atoms with Crippen LogP contribution in [0.5, 0.6) is 0 Å². The number of rotatable bonds is 3. The van der Waals surface area contributed by atoms with Gasteiger partial charge in [-0.25, -0.2) is 13.1 Å². The molecule has 23 heavy (non-hydrogen) atoms. The Morgan fingerprint density at radius 3 is 2.26 bits per heavy atom. The van der Waals surface area contributed by atoms with Crippen molar-refractivity contribution in [1.82, 2.24) is 4.72 Å². The molecule has 132 valence electrons. The molecular weight excluding hydrogens is 376 g/mol. The van der Waals surface area contributed by atoms with Crippen molar-refractivity contribution in [2.45, 2.75) is 48.8 Å². The maximum absolute atomic E-state index is 12.8. The van der Waals surface area contributed by atoms with Crippen molar-refractivity contribution in [3.8, 4) is 0 Å². The van der Waals surface area contributed by atoms with Crippen LogP contribution in [-0.2, 0) is 16.2 Å². The number of hydrogen-bond donors (Lipinski definition) is 2. The number of nitrogens with two attached hydrogens (primary N) is 1. The lowest BCUT2D eigenvalue weighted by Crippen LogP contribution is -2.40. The van der Waals surface area contributed by atoms with E-state index in [0.29, 0.717) is 31.7 Å². The number of benzene rings is 1. The number of hydrogen-bond acceptors (Lipinski definition) is 3. The van der Waals surface area contributed by atoms with E-state index in [1.165, 1.54) is 0 Å². The summed E-state index contributed by atoms with van der Waals surface area (Å²) in [6.45, 7) is 0. The molecule has 0 spiro atoms. The molecule has 2 rings (SSSR count). The standard InChI is InChI=1S/C13H16ClF3N2O2S.ClH/c14-12-6-5-10(7-11(12)13(15,16)17)22(20,21)19-9-3-1-8(18)2-4-9;/h5-9,19H,1-4,18H2;1H. The SMILES string of the molecule is Cl.NC1CCC(NS(=O)(=O)c2ccc(Cl)c(C(F)(F)F)c2)CC1. The topological polar surface area (TPSA) is 72.2 Å². The molecule has 0 aromatic heterocycles. The van der Waals surface area contributed by atoms with Crippen LogP contribution in [-0.4, -0.2) is 20.5 Å². The van der Waals surface area contributed by atoms with Crippen LogP contribution in [0.2, 0.25) is 5.02 Å². The number of sulfonamides is 1. The lowest BCUT2D eigenvalue weighted by Gasteiger charge is -2.26. The van der Waals surface area contributed by atoms with Gasteiger partial charge in [0.05, 0.1) is 15.5 Å². The van der Waals surface area contributed by atoms with Crippen LogP contribution < -0.4 is 10.5 Å². The summed E-state index contributed by atoms with van der Waals surface area (Å²) < 4.78 is 65.3. The summed E-state index contributed by atoms with van der Waals surface area (Å²) in [5.41, 5.74) is 4.58. The average molecular weight is 393 g/mol. The van der Waals surface area contributed by atoms with E-state index in [2.05, 4.69) is 4.72 Å². The van der Waals surface area contributed by atoms with Crippen LogP contribution in [0.25, 0.3) is 0 Å². The third-order valence-corrected chi connectivity index (χ3v) is 5.49. The summed E-state index contributed by atoms with van der Waals surface area (Å²) in [4.78, 5) is -0.445. The average Bonchev–Trinajstić information content (AvgIpc) is 2.40. The normalized spacial score (nSPS) is 22.5. The molecule has 0 bridgehead atoms. The highest BCUT2D eigenvalue weighted by atomic mass is 35.5. The van der Waals surface area contributed by atoms with Gasteiger partial charge in [0.2, 0.25) is 10.0 Å². The van der Waals surface area contributed by atoms with E-state index in [-0.39, 0.29) is 24.5 Å².